The molecule has 0 amide bonds. The summed E-state index contributed by atoms with van der Waals surface area (Å²) in [5.41, 5.74) is 3.60. The fourth-order valence-electron chi connectivity index (χ4n) is 3.94. The molecule has 8 heteroatoms. The van der Waals surface area contributed by atoms with Crippen molar-refractivity contribution in [2.75, 3.05) is 0 Å². The molecule has 0 aliphatic rings. The molecule has 7 nitrogen and oxygen atoms in total. The van der Waals surface area contributed by atoms with E-state index in [0.29, 0.717) is 33.8 Å². The maximum Gasteiger partial charge on any atom is 0.265 e. The van der Waals surface area contributed by atoms with Gasteiger partial charge in [0.25, 0.3) is 5.56 Å². The molecule has 0 unspecified atom stereocenters. The summed E-state index contributed by atoms with van der Waals surface area (Å²) in [6.45, 7) is 2.79. The van der Waals surface area contributed by atoms with Crippen LogP contribution in [0.15, 0.2) is 64.8 Å². The highest BCUT2D eigenvalue weighted by atomic mass is 35.5. The summed E-state index contributed by atoms with van der Waals surface area (Å²) in [5.74, 6) is 0. The zero-order valence-electron chi connectivity index (χ0n) is 18.3. The molecular weight excluding hydrogens is 436 g/mol. The van der Waals surface area contributed by atoms with E-state index in [0.717, 1.165) is 42.3 Å². The van der Waals surface area contributed by atoms with Gasteiger partial charge in [0.15, 0.2) is 11.3 Å². The van der Waals surface area contributed by atoms with Crippen LogP contribution in [0.1, 0.15) is 38.2 Å². The van der Waals surface area contributed by atoms with Gasteiger partial charge in [-0.1, -0.05) is 62.1 Å². The molecule has 0 aliphatic heterocycles. The second kappa shape index (κ2) is 9.11. The van der Waals surface area contributed by atoms with Gasteiger partial charge < -0.3 is 0 Å². The number of nitrogens with zero attached hydrogens (tertiary/aromatic N) is 6. The summed E-state index contributed by atoms with van der Waals surface area (Å²) in [7, 11) is 0. The Morgan fingerprint density at radius 3 is 2.61 bits per heavy atom. The number of aromatic nitrogens is 5. The highest BCUT2D eigenvalue weighted by Gasteiger charge is 2.19. The lowest BCUT2D eigenvalue weighted by atomic mass is 10.2. The Morgan fingerprint density at radius 1 is 1.00 bits per heavy atom. The van der Waals surface area contributed by atoms with Gasteiger partial charge in [-0.25, -0.2) is 15.0 Å². The predicted octanol–water partition coefficient (Wildman–Crippen LogP) is 5.41. The summed E-state index contributed by atoms with van der Waals surface area (Å²) in [6.07, 6.45) is 7.59. The van der Waals surface area contributed by atoms with Crippen molar-refractivity contribution < 1.29 is 0 Å². The molecule has 0 saturated heterocycles. The Labute approximate surface area is 195 Å². The Morgan fingerprint density at radius 2 is 1.82 bits per heavy atom. The van der Waals surface area contributed by atoms with Gasteiger partial charge in [-0.3, -0.25) is 9.36 Å². The molecule has 0 spiro atoms. The Bertz CT molecular complexity index is 1550. The van der Waals surface area contributed by atoms with Crippen LogP contribution in [-0.4, -0.2) is 30.4 Å². The van der Waals surface area contributed by atoms with Crippen LogP contribution in [-0.2, 0) is 6.54 Å². The molecule has 33 heavy (non-hydrogen) atoms. The Kier molecular flexibility index (Phi) is 5.88. The van der Waals surface area contributed by atoms with Crippen LogP contribution < -0.4 is 5.56 Å². The summed E-state index contributed by atoms with van der Waals surface area (Å²) in [5, 5.41) is 5.67. The maximum atomic E-state index is 13.4. The van der Waals surface area contributed by atoms with E-state index in [2.05, 4.69) is 17.0 Å². The fourth-order valence-corrected chi connectivity index (χ4v) is 4.14. The topological polar surface area (TPSA) is 78.0 Å². The number of hydrogen-bond acceptors (Lipinski definition) is 5. The van der Waals surface area contributed by atoms with E-state index in [1.54, 1.807) is 21.8 Å². The van der Waals surface area contributed by atoms with Crippen LogP contribution in [0.25, 0.3) is 33.2 Å². The number of halogens is 1. The van der Waals surface area contributed by atoms with E-state index in [9.17, 15) is 4.79 Å². The monoisotopic (exact) mass is 458 g/mol. The molecule has 3 aromatic heterocycles. The lowest BCUT2D eigenvalue weighted by Crippen LogP contribution is -2.20. The number of para-hydroxylation sites is 2. The Balaban J connectivity index is 1.71. The van der Waals surface area contributed by atoms with Gasteiger partial charge in [-0.15, -0.1) is 0 Å². The van der Waals surface area contributed by atoms with Gasteiger partial charge in [-0.05, 0) is 36.2 Å². The highest BCUT2D eigenvalue weighted by molar-refractivity contribution is 6.30. The maximum absolute atomic E-state index is 13.4. The highest BCUT2D eigenvalue weighted by Crippen LogP contribution is 2.25. The lowest BCUT2D eigenvalue weighted by molar-refractivity contribution is 0.567. The Hall–Kier alpha value is -3.58. The minimum atomic E-state index is -0.122. The average molecular weight is 459 g/mol. The van der Waals surface area contributed by atoms with Crippen molar-refractivity contribution in [2.24, 2.45) is 5.10 Å². The average Bonchev–Trinajstić information content (AvgIpc) is 3.13. The number of benzene rings is 2. The molecule has 166 valence electrons. The first-order valence-corrected chi connectivity index (χ1v) is 11.5. The van der Waals surface area contributed by atoms with Crippen molar-refractivity contribution in [1.29, 1.82) is 0 Å². The van der Waals surface area contributed by atoms with E-state index >= 15 is 0 Å². The lowest BCUT2D eigenvalue weighted by Gasteiger charge is -2.05. The third-order valence-corrected chi connectivity index (χ3v) is 5.87. The first-order chi connectivity index (χ1) is 16.2. The smallest absolute Gasteiger partial charge is 0.265 e. The van der Waals surface area contributed by atoms with Crippen LogP contribution in [0, 0.1) is 0 Å². The molecule has 0 fully saturated rings. The van der Waals surface area contributed by atoms with Crippen molar-refractivity contribution in [3.63, 3.8) is 0 Å². The molecule has 0 aliphatic carbocycles. The molecular formula is C25H23ClN6O. The number of unbranched alkanes of at least 4 members (excludes halogenated alkanes) is 3. The quantitative estimate of drug-likeness (QED) is 0.241. The predicted molar refractivity (Wildman–Crippen MR) is 133 cm³/mol. The molecule has 3 heterocycles. The molecule has 0 saturated carbocycles. The molecule has 0 radical (unpaired) electrons. The first-order valence-electron chi connectivity index (χ1n) is 11.1. The van der Waals surface area contributed by atoms with Crippen LogP contribution in [0.5, 0.6) is 0 Å². The summed E-state index contributed by atoms with van der Waals surface area (Å²) < 4.78 is 3.26. The van der Waals surface area contributed by atoms with Gasteiger partial charge in [0.1, 0.15) is 10.9 Å². The van der Waals surface area contributed by atoms with Crippen molar-refractivity contribution >= 4 is 51.0 Å². The summed E-state index contributed by atoms with van der Waals surface area (Å²) in [6, 6.07) is 15.0. The molecule has 5 rings (SSSR count). The van der Waals surface area contributed by atoms with Gasteiger partial charge >= 0.3 is 0 Å². The molecule has 0 bridgehead atoms. The second-order valence-electron chi connectivity index (χ2n) is 8.00. The van der Waals surface area contributed by atoms with Crippen molar-refractivity contribution in [3.05, 3.63) is 75.8 Å². The molecule has 0 atom stereocenters. The second-order valence-corrected chi connectivity index (χ2v) is 8.43. The van der Waals surface area contributed by atoms with Crippen LogP contribution >= 0.6 is 11.6 Å². The van der Waals surface area contributed by atoms with Gasteiger partial charge in [0, 0.05) is 11.6 Å². The van der Waals surface area contributed by atoms with Crippen molar-refractivity contribution in [1.82, 2.24) is 24.2 Å². The molecule has 0 N–H and O–H groups in total. The van der Waals surface area contributed by atoms with E-state index in [-0.39, 0.29) is 5.56 Å². The number of aryl methyl sites for hydroxylation is 1. The van der Waals surface area contributed by atoms with E-state index in [1.165, 1.54) is 0 Å². The third-order valence-electron chi connectivity index (χ3n) is 5.63. The van der Waals surface area contributed by atoms with E-state index in [1.807, 2.05) is 48.5 Å². The van der Waals surface area contributed by atoms with E-state index < -0.39 is 0 Å². The zero-order chi connectivity index (χ0) is 22.8. The van der Waals surface area contributed by atoms with Crippen LogP contribution in [0.3, 0.4) is 0 Å². The minimum absolute atomic E-state index is 0.122. The molecule has 2 aromatic carbocycles. The zero-order valence-corrected chi connectivity index (χ0v) is 19.0. The van der Waals surface area contributed by atoms with Crippen molar-refractivity contribution in [2.45, 2.75) is 39.2 Å². The van der Waals surface area contributed by atoms with Gasteiger partial charge in [0.2, 0.25) is 0 Å². The fraction of sp³-hybridized carbons (Fsp3) is 0.240. The molecule has 5 aromatic rings. The van der Waals surface area contributed by atoms with Crippen molar-refractivity contribution in [3.8, 4) is 0 Å². The number of rotatable bonds is 7. The SMILES string of the molecule is CCCCCCn1cnc2c(c1=O)c1nc3ccccc3nc1n2/N=C\c1cccc(Cl)c1. The number of hydrogen-bond donors (Lipinski definition) is 0. The summed E-state index contributed by atoms with van der Waals surface area (Å²) in [4.78, 5) is 27.6. The largest absolute Gasteiger partial charge is 0.299 e. The van der Waals surface area contributed by atoms with Crippen LogP contribution in [0.4, 0.5) is 0 Å². The van der Waals surface area contributed by atoms with Gasteiger partial charge in [-0.2, -0.15) is 9.78 Å². The van der Waals surface area contributed by atoms with Gasteiger partial charge in [0.05, 0.1) is 23.6 Å². The normalized spacial score (nSPS) is 11.9. The third kappa shape index (κ3) is 4.12. The number of fused-ring (bicyclic) bond motifs is 4. The van der Waals surface area contributed by atoms with Crippen LogP contribution in [0.2, 0.25) is 5.02 Å². The first kappa shape index (κ1) is 21.3. The summed E-state index contributed by atoms with van der Waals surface area (Å²) >= 11 is 6.11. The minimum Gasteiger partial charge on any atom is -0.299 e. The standard InChI is InChI=1S/C25H23ClN6O/c1-2-3-4-7-13-31-16-27-23-21(25(31)33)22-24(30-20-12-6-5-11-19(20)29-22)32(23)28-15-17-9-8-10-18(26)14-17/h5-6,8-12,14-16H,2-4,7,13H2,1H3/b28-15-. The van der Waals surface area contributed by atoms with E-state index in [4.69, 9.17) is 21.6 Å².